The molecule has 0 spiro atoms. The van der Waals surface area contributed by atoms with Crippen LogP contribution in [0.5, 0.6) is 0 Å². The van der Waals surface area contributed by atoms with Gasteiger partial charge in [-0.25, -0.2) is 4.39 Å². The number of rotatable bonds is 1. The van der Waals surface area contributed by atoms with Crippen molar-refractivity contribution >= 4 is 0 Å². The molecule has 0 heterocycles. The van der Waals surface area contributed by atoms with Gasteiger partial charge in [-0.2, -0.15) is 26.3 Å². The lowest BCUT2D eigenvalue weighted by molar-refractivity contribution is -0.320. The van der Waals surface area contributed by atoms with E-state index in [2.05, 4.69) is 0 Å². The maximum Gasteiger partial charge on any atom is 0.403 e. The zero-order valence-electron chi connectivity index (χ0n) is 8.45. The first-order valence-corrected chi connectivity index (χ1v) is 5.06. The molecule has 2 bridgehead atoms. The molecule has 98 valence electrons. The highest BCUT2D eigenvalue weighted by atomic mass is 19.4. The summed E-state index contributed by atoms with van der Waals surface area (Å²) in [5.74, 6) is -5.67. The minimum absolute atomic E-state index is 0.0408. The predicted molar refractivity (Wildman–Crippen MR) is 44.8 cm³/mol. The van der Waals surface area contributed by atoms with E-state index in [1.807, 2.05) is 0 Å². The Balaban J connectivity index is 2.38. The Labute approximate surface area is 92.5 Å². The van der Waals surface area contributed by atoms with Crippen molar-refractivity contribution in [3.8, 4) is 0 Å². The van der Waals surface area contributed by atoms with E-state index in [9.17, 15) is 30.7 Å². The fraction of sp³-hybridized carbons (Fsp3) is 0.800. The Morgan fingerprint density at radius 3 is 1.82 bits per heavy atom. The van der Waals surface area contributed by atoms with E-state index in [1.54, 1.807) is 0 Å². The molecule has 0 aliphatic heterocycles. The lowest BCUT2D eigenvalue weighted by Crippen LogP contribution is -2.53. The molecule has 0 saturated heterocycles. The third-order valence-electron chi connectivity index (χ3n) is 3.50. The van der Waals surface area contributed by atoms with Crippen LogP contribution in [0.1, 0.15) is 12.8 Å². The molecule has 0 aromatic rings. The maximum atomic E-state index is 14.2. The fourth-order valence-electron chi connectivity index (χ4n) is 2.90. The van der Waals surface area contributed by atoms with Gasteiger partial charge < -0.3 is 0 Å². The summed E-state index contributed by atoms with van der Waals surface area (Å²) in [5, 5.41) is 0. The van der Waals surface area contributed by atoms with Crippen molar-refractivity contribution in [1.82, 2.24) is 0 Å². The third kappa shape index (κ3) is 1.93. The summed E-state index contributed by atoms with van der Waals surface area (Å²) in [4.78, 5) is 0. The standard InChI is InChI=1S/C10H9F7/c11-8(4-5-1-2-6(8)3-5)7(9(12,13)14)10(15,16)17/h1-2,5-7H,3-4H2. The van der Waals surface area contributed by atoms with Crippen molar-refractivity contribution in [2.45, 2.75) is 30.9 Å². The zero-order valence-corrected chi connectivity index (χ0v) is 8.45. The minimum atomic E-state index is -5.61. The highest BCUT2D eigenvalue weighted by Gasteiger charge is 2.71. The molecule has 2 rings (SSSR count). The summed E-state index contributed by atoms with van der Waals surface area (Å²) in [6.45, 7) is 0. The Kier molecular flexibility index (Phi) is 2.53. The monoisotopic (exact) mass is 262 g/mol. The zero-order chi connectivity index (χ0) is 13.1. The van der Waals surface area contributed by atoms with Crippen molar-refractivity contribution in [3.05, 3.63) is 12.2 Å². The van der Waals surface area contributed by atoms with Crippen LogP contribution in [0.3, 0.4) is 0 Å². The Hall–Kier alpha value is -0.750. The summed E-state index contributed by atoms with van der Waals surface area (Å²) < 4.78 is 88.9. The first-order chi connectivity index (χ1) is 7.55. The Bertz CT molecular complexity index is 326. The van der Waals surface area contributed by atoms with E-state index < -0.39 is 42.2 Å². The number of alkyl halides is 7. The molecule has 0 radical (unpaired) electrons. The van der Waals surface area contributed by atoms with Crippen LogP contribution in [0.2, 0.25) is 0 Å². The van der Waals surface area contributed by atoms with Gasteiger partial charge in [-0.1, -0.05) is 12.2 Å². The van der Waals surface area contributed by atoms with Gasteiger partial charge in [0.25, 0.3) is 0 Å². The molecule has 0 N–H and O–H groups in total. The quantitative estimate of drug-likeness (QED) is 0.494. The average Bonchev–Trinajstić information content (AvgIpc) is 2.55. The largest absolute Gasteiger partial charge is 0.403 e. The van der Waals surface area contributed by atoms with Crippen LogP contribution in [0.15, 0.2) is 12.2 Å². The molecule has 7 heteroatoms. The van der Waals surface area contributed by atoms with Gasteiger partial charge in [0.2, 0.25) is 0 Å². The van der Waals surface area contributed by atoms with Crippen molar-refractivity contribution in [2.24, 2.45) is 17.8 Å². The van der Waals surface area contributed by atoms with Crippen LogP contribution in [0.4, 0.5) is 30.7 Å². The van der Waals surface area contributed by atoms with E-state index in [4.69, 9.17) is 0 Å². The summed E-state index contributed by atoms with van der Waals surface area (Å²) in [6.07, 6.45) is -9.24. The Morgan fingerprint density at radius 2 is 1.53 bits per heavy atom. The molecule has 0 nitrogen and oxygen atoms in total. The molecule has 0 aromatic carbocycles. The summed E-state index contributed by atoms with van der Waals surface area (Å²) in [6, 6.07) is 0. The van der Waals surface area contributed by atoms with E-state index in [-0.39, 0.29) is 6.42 Å². The van der Waals surface area contributed by atoms with E-state index in [1.165, 1.54) is 6.08 Å². The molecular weight excluding hydrogens is 253 g/mol. The van der Waals surface area contributed by atoms with Gasteiger partial charge in [0.05, 0.1) is 0 Å². The van der Waals surface area contributed by atoms with Gasteiger partial charge in [-0.05, 0) is 18.8 Å². The number of hydrogen-bond donors (Lipinski definition) is 0. The number of fused-ring (bicyclic) bond motifs is 2. The summed E-state index contributed by atoms with van der Waals surface area (Å²) in [5.41, 5.74) is -3.24. The third-order valence-corrected chi connectivity index (χ3v) is 3.50. The van der Waals surface area contributed by atoms with Crippen molar-refractivity contribution < 1.29 is 30.7 Å². The molecule has 1 saturated carbocycles. The van der Waals surface area contributed by atoms with Crippen molar-refractivity contribution in [2.75, 3.05) is 0 Å². The number of hydrogen-bond acceptors (Lipinski definition) is 0. The number of halogens is 7. The molecule has 2 aliphatic carbocycles. The van der Waals surface area contributed by atoms with Crippen LogP contribution in [0, 0.1) is 17.8 Å². The van der Waals surface area contributed by atoms with Crippen LogP contribution >= 0.6 is 0 Å². The molecular formula is C10H9F7. The van der Waals surface area contributed by atoms with Gasteiger partial charge in [0.1, 0.15) is 5.67 Å². The van der Waals surface area contributed by atoms with Crippen molar-refractivity contribution in [3.63, 3.8) is 0 Å². The van der Waals surface area contributed by atoms with Gasteiger partial charge >= 0.3 is 12.4 Å². The van der Waals surface area contributed by atoms with E-state index in [0.29, 0.717) is 0 Å². The number of allylic oxidation sites excluding steroid dienone is 2. The Morgan fingerprint density at radius 1 is 1.00 bits per heavy atom. The normalized spacial score (nSPS) is 37.2. The van der Waals surface area contributed by atoms with Crippen LogP contribution in [-0.2, 0) is 0 Å². The minimum Gasteiger partial charge on any atom is -0.242 e. The predicted octanol–water partition coefficient (Wildman–Crippen LogP) is 4.03. The SMILES string of the molecule is FC(F)(F)C(C(F)(F)F)C1(F)CC2C=CC1C2. The highest BCUT2D eigenvalue weighted by Crippen LogP contribution is 2.59. The second-order valence-electron chi connectivity index (χ2n) is 4.63. The smallest absolute Gasteiger partial charge is 0.242 e. The maximum absolute atomic E-state index is 14.2. The first kappa shape index (κ1) is 12.7. The molecule has 3 unspecified atom stereocenters. The van der Waals surface area contributed by atoms with Gasteiger partial charge in [-0.3, -0.25) is 0 Å². The van der Waals surface area contributed by atoms with Crippen molar-refractivity contribution in [1.29, 1.82) is 0 Å². The van der Waals surface area contributed by atoms with Crippen LogP contribution in [0.25, 0.3) is 0 Å². The van der Waals surface area contributed by atoms with Crippen LogP contribution < -0.4 is 0 Å². The van der Waals surface area contributed by atoms with Gasteiger partial charge in [0.15, 0.2) is 5.92 Å². The second-order valence-corrected chi connectivity index (χ2v) is 4.63. The first-order valence-electron chi connectivity index (χ1n) is 5.06. The molecule has 2 aliphatic rings. The topological polar surface area (TPSA) is 0 Å². The van der Waals surface area contributed by atoms with Gasteiger partial charge in [-0.15, -0.1) is 0 Å². The highest BCUT2D eigenvalue weighted by molar-refractivity contribution is 5.20. The molecule has 0 aromatic heterocycles. The molecule has 17 heavy (non-hydrogen) atoms. The molecule has 3 atom stereocenters. The average molecular weight is 262 g/mol. The summed E-state index contributed by atoms with van der Waals surface area (Å²) >= 11 is 0. The van der Waals surface area contributed by atoms with Gasteiger partial charge in [0, 0.05) is 5.92 Å². The summed E-state index contributed by atoms with van der Waals surface area (Å²) in [7, 11) is 0. The fourth-order valence-corrected chi connectivity index (χ4v) is 2.90. The molecule has 1 fully saturated rings. The lowest BCUT2D eigenvalue weighted by atomic mass is 9.78. The van der Waals surface area contributed by atoms with Crippen LogP contribution in [-0.4, -0.2) is 18.0 Å². The lowest BCUT2D eigenvalue weighted by Gasteiger charge is -2.37. The van der Waals surface area contributed by atoms with E-state index >= 15 is 0 Å². The second kappa shape index (κ2) is 3.38. The molecule has 0 amide bonds. The van der Waals surface area contributed by atoms with E-state index in [0.717, 1.165) is 6.08 Å².